The number of piperidine rings is 1. The van der Waals surface area contributed by atoms with Crippen molar-refractivity contribution in [1.82, 2.24) is 4.90 Å². The van der Waals surface area contributed by atoms with Crippen molar-refractivity contribution in [2.75, 3.05) is 13.1 Å². The SMILES string of the molecule is CC(CCN1CCCCC1CC(=O)O)c1ccccc1. The first-order chi connectivity index (χ1) is 9.66. The second kappa shape index (κ2) is 7.44. The van der Waals surface area contributed by atoms with E-state index in [0.29, 0.717) is 12.3 Å². The van der Waals surface area contributed by atoms with E-state index in [1.165, 1.54) is 18.4 Å². The van der Waals surface area contributed by atoms with E-state index in [1.54, 1.807) is 0 Å². The summed E-state index contributed by atoms with van der Waals surface area (Å²) in [6.07, 6.45) is 4.80. The molecule has 0 radical (unpaired) electrons. The number of hydrogen-bond donors (Lipinski definition) is 1. The number of carbonyl (C=O) groups is 1. The van der Waals surface area contributed by atoms with Gasteiger partial charge in [0.25, 0.3) is 0 Å². The van der Waals surface area contributed by atoms with E-state index in [4.69, 9.17) is 5.11 Å². The topological polar surface area (TPSA) is 40.5 Å². The molecular weight excluding hydrogens is 250 g/mol. The summed E-state index contributed by atoms with van der Waals surface area (Å²) < 4.78 is 0. The van der Waals surface area contributed by atoms with Crippen molar-refractivity contribution in [3.63, 3.8) is 0 Å². The Morgan fingerprint density at radius 3 is 2.80 bits per heavy atom. The van der Waals surface area contributed by atoms with Crippen molar-refractivity contribution >= 4 is 5.97 Å². The summed E-state index contributed by atoms with van der Waals surface area (Å²) in [6, 6.07) is 10.8. The lowest BCUT2D eigenvalue weighted by Crippen LogP contribution is -2.41. The van der Waals surface area contributed by atoms with Gasteiger partial charge in [0.1, 0.15) is 0 Å². The molecule has 2 unspecified atom stereocenters. The Morgan fingerprint density at radius 1 is 1.35 bits per heavy atom. The summed E-state index contributed by atoms with van der Waals surface area (Å²) >= 11 is 0. The van der Waals surface area contributed by atoms with Crippen LogP contribution in [0.1, 0.15) is 50.5 Å². The molecule has 1 N–H and O–H groups in total. The molecule has 1 aromatic rings. The van der Waals surface area contributed by atoms with Crippen LogP contribution >= 0.6 is 0 Å². The van der Waals surface area contributed by atoms with Crippen molar-refractivity contribution < 1.29 is 9.90 Å². The number of aliphatic carboxylic acids is 1. The fourth-order valence-corrected chi connectivity index (χ4v) is 3.09. The van der Waals surface area contributed by atoms with Gasteiger partial charge in [-0.15, -0.1) is 0 Å². The van der Waals surface area contributed by atoms with Gasteiger partial charge in [-0.2, -0.15) is 0 Å². The predicted octanol–water partition coefficient (Wildman–Crippen LogP) is 3.51. The second-order valence-corrected chi connectivity index (χ2v) is 5.88. The molecule has 0 spiro atoms. The number of carboxylic acids is 1. The summed E-state index contributed by atoms with van der Waals surface area (Å²) in [5.41, 5.74) is 1.37. The minimum atomic E-state index is -0.669. The van der Waals surface area contributed by atoms with E-state index in [1.807, 2.05) is 6.07 Å². The van der Waals surface area contributed by atoms with Gasteiger partial charge in [-0.1, -0.05) is 43.7 Å². The first kappa shape index (κ1) is 15.0. The molecule has 1 aliphatic rings. The first-order valence-electron chi connectivity index (χ1n) is 7.67. The quantitative estimate of drug-likeness (QED) is 0.863. The third-order valence-corrected chi connectivity index (χ3v) is 4.38. The minimum absolute atomic E-state index is 0.240. The molecule has 0 aromatic heterocycles. The van der Waals surface area contributed by atoms with Gasteiger partial charge in [0.05, 0.1) is 6.42 Å². The monoisotopic (exact) mass is 275 g/mol. The zero-order valence-corrected chi connectivity index (χ0v) is 12.3. The summed E-state index contributed by atoms with van der Waals surface area (Å²) in [7, 11) is 0. The van der Waals surface area contributed by atoms with Crippen LogP contribution in [-0.2, 0) is 4.79 Å². The average Bonchev–Trinajstić information content (AvgIpc) is 2.46. The van der Waals surface area contributed by atoms with E-state index >= 15 is 0 Å². The van der Waals surface area contributed by atoms with Crippen molar-refractivity contribution in [3.05, 3.63) is 35.9 Å². The molecule has 1 heterocycles. The van der Waals surface area contributed by atoms with Crippen LogP contribution in [0.25, 0.3) is 0 Å². The molecule has 1 aromatic carbocycles. The van der Waals surface area contributed by atoms with Crippen molar-refractivity contribution in [2.45, 2.75) is 51.0 Å². The van der Waals surface area contributed by atoms with Crippen LogP contribution in [0.5, 0.6) is 0 Å². The zero-order valence-electron chi connectivity index (χ0n) is 12.3. The molecule has 0 amide bonds. The molecule has 2 rings (SSSR count). The Kier molecular flexibility index (Phi) is 5.60. The van der Waals surface area contributed by atoms with Gasteiger partial charge in [-0.05, 0) is 43.8 Å². The Bertz CT molecular complexity index is 418. The highest BCUT2D eigenvalue weighted by molar-refractivity contribution is 5.67. The molecule has 3 nitrogen and oxygen atoms in total. The molecule has 0 saturated carbocycles. The van der Waals surface area contributed by atoms with E-state index in [2.05, 4.69) is 36.1 Å². The predicted molar refractivity (Wildman–Crippen MR) is 80.9 cm³/mol. The van der Waals surface area contributed by atoms with Crippen LogP contribution in [0.3, 0.4) is 0 Å². The van der Waals surface area contributed by atoms with Gasteiger partial charge in [0.15, 0.2) is 0 Å². The Labute approximate surface area is 121 Å². The van der Waals surface area contributed by atoms with Crippen LogP contribution in [-0.4, -0.2) is 35.1 Å². The number of benzene rings is 1. The molecule has 20 heavy (non-hydrogen) atoms. The molecule has 3 heteroatoms. The van der Waals surface area contributed by atoms with Gasteiger partial charge in [-0.3, -0.25) is 9.69 Å². The maximum absolute atomic E-state index is 10.9. The fraction of sp³-hybridized carbons (Fsp3) is 0.588. The molecule has 0 bridgehead atoms. The number of hydrogen-bond acceptors (Lipinski definition) is 2. The maximum atomic E-state index is 10.9. The Balaban J connectivity index is 1.86. The fourth-order valence-electron chi connectivity index (χ4n) is 3.09. The van der Waals surface area contributed by atoms with Crippen LogP contribution < -0.4 is 0 Å². The van der Waals surface area contributed by atoms with Crippen molar-refractivity contribution in [2.24, 2.45) is 0 Å². The van der Waals surface area contributed by atoms with Crippen LogP contribution in [0, 0.1) is 0 Å². The minimum Gasteiger partial charge on any atom is -0.481 e. The van der Waals surface area contributed by atoms with Crippen LogP contribution in [0.15, 0.2) is 30.3 Å². The number of likely N-dealkylation sites (tertiary alicyclic amines) is 1. The van der Waals surface area contributed by atoms with E-state index in [0.717, 1.165) is 25.9 Å². The van der Waals surface area contributed by atoms with Gasteiger partial charge in [-0.25, -0.2) is 0 Å². The van der Waals surface area contributed by atoms with E-state index < -0.39 is 5.97 Å². The third-order valence-electron chi connectivity index (χ3n) is 4.38. The lowest BCUT2D eigenvalue weighted by molar-refractivity contribution is -0.138. The molecule has 0 aliphatic carbocycles. The summed E-state index contributed by atoms with van der Waals surface area (Å²) in [5.74, 6) is -0.137. The molecule has 110 valence electrons. The summed E-state index contributed by atoms with van der Waals surface area (Å²) in [6.45, 7) is 4.32. The third kappa shape index (κ3) is 4.34. The lowest BCUT2D eigenvalue weighted by Gasteiger charge is -2.35. The Hall–Kier alpha value is -1.35. The number of carboxylic acid groups (broad SMARTS) is 1. The van der Waals surface area contributed by atoms with Crippen molar-refractivity contribution in [1.29, 1.82) is 0 Å². The molecule has 1 fully saturated rings. The highest BCUT2D eigenvalue weighted by Crippen LogP contribution is 2.23. The molecule has 1 aliphatic heterocycles. The van der Waals surface area contributed by atoms with Gasteiger partial charge in [0, 0.05) is 6.04 Å². The normalized spacial score (nSPS) is 21.6. The molecule has 2 atom stereocenters. The van der Waals surface area contributed by atoms with Crippen LogP contribution in [0.4, 0.5) is 0 Å². The Morgan fingerprint density at radius 2 is 2.10 bits per heavy atom. The van der Waals surface area contributed by atoms with E-state index in [-0.39, 0.29) is 6.04 Å². The first-order valence-corrected chi connectivity index (χ1v) is 7.67. The molecule has 1 saturated heterocycles. The summed E-state index contributed by atoms with van der Waals surface area (Å²) in [4.78, 5) is 13.3. The van der Waals surface area contributed by atoms with Gasteiger partial charge < -0.3 is 5.11 Å². The van der Waals surface area contributed by atoms with Crippen LogP contribution in [0.2, 0.25) is 0 Å². The van der Waals surface area contributed by atoms with Gasteiger partial charge in [0.2, 0.25) is 0 Å². The highest BCUT2D eigenvalue weighted by Gasteiger charge is 2.24. The highest BCUT2D eigenvalue weighted by atomic mass is 16.4. The number of rotatable bonds is 6. The zero-order chi connectivity index (χ0) is 14.4. The average molecular weight is 275 g/mol. The standard InChI is InChI=1S/C17H25NO2/c1-14(15-7-3-2-4-8-15)10-12-18-11-6-5-9-16(18)13-17(19)20/h2-4,7-8,14,16H,5-6,9-13H2,1H3,(H,19,20). The summed E-state index contributed by atoms with van der Waals surface area (Å²) in [5, 5.41) is 9.01. The number of nitrogens with zero attached hydrogens (tertiary/aromatic N) is 1. The smallest absolute Gasteiger partial charge is 0.304 e. The molecular formula is C17H25NO2. The lowest BCUT2D eigenvalue weighted by atomic mass is 9.95. The maximum Gasteiger partial charge on any atom is 0.304 e. The van der Waals surface area contributed by atoms with Gasteiger partial charge >= 0.3 is 5.97 Å². The second-order valence-electron chi connectivity index (χ2n) is 5.88. The largest absolute Gasteiger partial charge is 0.481 e. The van der Waals surface area contributed by atoms with Crippen molar-refractivity contribution in [3.8, 4) is 0 Å². The van der Waals surface area contributed by atoms with E-state index in [9.17, 15) is 4.79 Å².